The molecule has 8 nitrogen and oxygen atoms in total. The van der Waals surface area contributed by atoms with Crippen LogP contribution in [0.1, 0.15) is 18.9 Å². The van der Waals surface area contributed by atoms with Crippen molar-refractivity contribution in [1.29, 1.82) is 0 Å². The highest BCUT2D eigenvalue weighted by molar-refractivity contribution is 7.89. The van der Waals surface area contributed by atoms with Gasteiger partial charge in [0.1, 0.15) is 0 Å². The Balaban J connectivity index is 1.39. The molecule has 2 aliphatic heterocycles. The number of hydrogen-bond donors (Lipinski definition) is 1. The number of morpholine rings is 1. The van der Waals surface area contributed by atoms with Gasteiger partial charge >= 0.3 is 0 Å². The first-order valence-corrected chi connectivity index (χ1v) is 12.2. The van der Waals surface area contributed by atoms with Crippen LogP contribution in [-0.4, -0.2) is 57.4 Å². The Labute approximate surface area is 188 Å². The van der Waals surface area contributed by atoms with Crippen LogP contribution in [0.5, 0.6) is 0 Å². The zero-order valence-corrected chi connectivity index (χ0v) is 18.8. The molecule has 2 aliphatic rings. The maximum Gasteiger partial charge on any atom is 0.243 e. The van der Waals surface area contributed by atoms with Gasteiger partial charge in [0.15, 0.2) is 0 Å². The first kappa shape index (κ1) is 22.4. The van der Waals surface area contributed by atoms with Crippen molar-refractivity contribution >= 4 is 33.2 Å². The summed E-state index contributed by atoms with van der Waals surface area (Å²) in [6.45, 7) is 3.81. The fourth-order valence-corrected chi connectivity index (χ4v) is 5.34. The summed E-state index contributed by atoms with van der Waals surface area (Å²) in [4.78, 5) is 27.0. The molecule has 2 saturated heterocycles. The molecule has 2 aromatic carbocycles. The third-order valence-electron chi connectivity index (χ3n) is 5.88. The van der Waals surface area contributed by atoms with Crippen molar-refractivity contribution < 1.29 is 22.7 Å². The monoisotopic (exact) mass is 457 g/mol. The fourth-order valence-electron chi connectivity index (χ4n) is 3.93. The molecule has 2 aromatic rings. The zero-order valence-electron chi connectivity index (χ0n) is 18.0. The molecule has 0 spiro atoms. The summed E-state index contributed by atoms with van der Waals surface area (Å²) < 4.78 is 32.0. The minimum absolute atomic E-state index is 0.0821. The molecule has 0 radical (unpaired) electrons. The van der Waals surface area contributed by atoms with E-state index in [1.807, 2.05) is 24.3 Å². The van der Waals surface area contributed by atoms with E-state index in [0.29, 0.717) is 38.5 Å². The molecule has 1 atom stereocenters. The Bertz CT molecular complexity index is 1080. The van der Waals surface area contributed by atoms with E-state index in [1.54, 1.807) is 17.0 Å². The van der Waals surface area contributed by atoms with Gasteiger partial charge in [-0.2, -0.15) is 4.31 Å². The maximum absolute atomic E-state index is 12.7. The second-order valence-corrected chi connectivity index (χ2v) is 9.89. The fraction of sp³-hybridized carbons (Fsp3) is 0.391. The highest BCUT2D eigenvalue weighted by atomic mass is 32.2. The molecule has 0 aliphatic carbocycles. The molecule has 2 fully saturated rings. The minimum atomic E-state index is -3.58. The normalized spacial score (nSPS) is 19.8. The molecule has 0 unspecified atom stereocenters. The number of ether oxygens (including phenoxy) is 1. The Kier molecular flexibility index (Phi) is 6.59. The number of carbonyl (C=O) groups excluding carboxylic acids is 2. The Morgan fingerprint density at radius 3 is 2.34 bits per heavy atom. The van der Waals surface area contributed by atoms with E-state index in [-0.39, 0.29) is 23.1 Å². The van der Waals surface area contributed by atoms with Gasteiger partial charge in [0.05, 0.1) is 24.0 Å². The molecule has 32 heavy (non-hydrogen) atoms. The number of nitrogens with zero attached hydrogens (tertiary/aromatic N) is 2. The van der Waals surface area contributed by atoms with Crippen LogP contribution in [0.4, 0.5) is 11.4 Å². The average Bonchev–Trinajstić information content (AvgIpc) is 3.22. The molecule has 0 aromatic heterocycles. The minimum Gasteiger partial charge on any atom is -0.379 e. The van der Waals surface area contributed by atoms with Gasteiger partial charge in [0.25, 0.3) is 0 Å². The smallest absolute Gasteiger partial charge is 0.243 e. The standard InChI is InChI=1S/C23H27N3O5S/c1-2-17-3-7-20(8-4-17)26-16-18(15-22(26)27)23(28)24-19-5-9-21(10-6-19)32(29,30)25-11-13-31-14-12-25/h3-10,18H,2,11-16H2,1H3,(H,24,28)/t18-/m0/s1. The van der Waals surface area contributed by atoms with Crippen molar-refractivity contribution in [2.75, 3.05) is 43.1 Å². The van der Waals surface area contributed by atoms with Crippen molar-refractivity contribution in [1.82, 2.24) is 4.31 Å². The van der Waals surface area contributed by atoms with Crippen LogP contribution < -0.4 is 10.2 Å². The van der Waals surface area contributed by atoms with Gasteiger partial charge in [-0.1, -0.05) is 19.1 Å². The van der Waals surface area contributed by atoms with Crippen LogP contribution >= 0.6 is 0 Å². The van der Waals surface area contributed by atoms with E-state index < -0.39 is 15.9 Å². The summed E-state index contributed by atoms with van der Waals surface area (Å²) in [5.41, 5.74) is 2.48. The van der Waals surface area contributed by atoms with Gasteiger partial charge in [-0.05, 0) is 48.4 Å². The summed E-state index contributed by atoms with van der Waals surface area (Å²) in [7, 11) is -3.58. The third kappa shape index (κ3) is 4.69. The Morgan fingerprint density at radius 1 is 1.06 bits per heavy atom. The highest BCUT2D eigenvalue weighted by Crippen LogP contribution is 2.27. The van der Waals surface area contributed by atoms with Crippen molar-refractivity contribution in [3.05, 3.63) is 54.1 Å². The van der Waals surface area contributed by atoms with Gasteiger partial charge in [-0.25, -0.2) is 8.42 Å². The highest BCUT2D eigenvalue weighted by Gasteiger charge is 2.35. The molecular formula is C23H27N3O5S. The predicted octanol–water partition coefficient (Wildman–Crippen LogP) is 2.26. The number of amides is 2. The molecule has 170 valence electrons. The first-order valence-electron chi connectivity index (χ1n) is 10.8. The number of aryl methyl sites for hydroxylation is 1. The quantitative estimate of drug-likeness (QED) is 0.718. The average molecular weight is 458 g/mol. The summed E-state index contributed by atoms with van der Waals surface area (Å²) >= 11 is 0. The van der Waals surface area contributed by atoms with E-state index in [0.717, 1.165) is 12.1 Å². The zero-order chi connectivity index (χ0) is 22.7. The van der Waals surface area contributed by atoms with Crippen molar-refractivity contribution in [3.63, 3.8) is 0 Å². The molecule has 0 saturated carbocycles. The Hall–Kier alpha value is -2.75. The van der Waals surface area contributed by atoms with Gasteiger partial charge in [0, 0.05) is 37.4 Å². The van der Waals surface area contributed by atoms with E-state index in [4.69, 9.17) is 4.74 Å². The van der Waals surface area contributed by atoms with Gasteiger partial charge < -0.3 is 15.0 Å². The number of rotatable bonds is 6. The summed E-state index contributed by atoms with van der Waals surface area (Å²) in [5, 5.41) is 2.81. The van der Waals surface area contributed by atoms with Crippen LogP contribution in [0.2, 0.25) is 0 Å². The van der Waals surface area contributed by atoms with Gasteiger partial charge in [-0.15, -0.1) is 0 Å². The number of sulfonamides is 1. The summed E-state index contributed by atoms with van der Waals surface area (Å²) in [5.74, 6) is -0.804. The van der Waals surface area contributed by atoms with E-state index >= 15 is 0 Å². The maximum atomic E-state index is 12.7. The van der Waals surface area contributed by atoms with Gasteiger partial charge in [0.2, 0.25) is 21.8 Å². The molecule has 4 rings (SSSR count). The van der Waals surface area contributed by atoms with E-state index in [9.17, 15) is 18.0 Å². The number of carbonyl (C=O) groups is 2. The largest absolute Gasteiger partial charge is 0.379 e. The number of benzene rings is 2. The lowest BCUT2D eigenvalue weighted by Crippen LogP contribution is -2.40. The summed E-state index contributed by atoms with van der Waals surface area (Å²) in [6.07, 6.45) is 1.07. The van der Waals surface area contributed by atoms with Crippen molar-refractivity contribution in [2.24, 2.45) is 5.92 Å². The lowest BCUT2D eigenvalue weighted by atomic mass is 10.1. The molecule has 9 heteroatoms. The predicted molar refractivity (Wildman–Crippen MR) is 121 cm³/mol. The second kappa shape index (κ2) is 9.40. The van der Waals surface area contributed by atoms with Gasteiger partial charge in [-0.3, -0.25) is 9.59 Å². The summed E-state index contributed by atoms with van der Waals surface area (Å²) in [6, 6.07) is 13.9. The number of anilines is 2. The van der Waals surface area contributed by atoms with Crippen LogP contribution in [0, 0.1) is 5.92 Å². The van der Waals surface area contributed by atoms with Crippen LogP contribution in [0.25, 0.3) is 0 Å². The molecular weight excluding hydrogens is 430 g/mol. The molecule has 1 N–H and O–H groups in total. The van der Waals surface area contributed by atoms with Crippen LogP contribution in [0.15, 0.2) is 53.4 Å². The lowest BCUT2D eigenvalue weighted by Gasteiger charge is -2.26. The van der Waals surface area contributed by atoms with Crippen molar-refractivity contribution in [3.8, 4) is 0 Å². The second-order valence-electron chi connectivity index (χ2n) is 7.96. The number of nitrogens with one attached hydrogen (secondary N) is 1. The van der Waals surface area contributed by atoms with Crippen molar-refractivity contribution in [2.45, 2.75) is 24.7 Å². The SMILES string of the molecule is CCc1ccc(N2C[C@@H](C(=O)Nc3ccc(S(=O)(=O)N4CCOCC4)cc3)CC2=O)cc1. The number of hydrogen-bond acceptors (Lipinski definition) is 5. The first-order chi connectivity index (χ1) is 15.4. The van der Waals surface area contributed by atoms with E-state index in [1.165, 1.54) is 22.0 Å². The molecule has 2 amide bonds. The third-order valence-corrected chi connectivity index (χ3v) is 7.79. The van der Waals surface area contributed by atoms with Crippen LogP contribution in [-0.2, 0) is 30.8 Å². The Morgan fingerprint density at radius 2 is 1.72 bits per heavy atom. The van der Waals surface area contributed by atoms with Crippen LogP contribution in [0.3, 0.4) is 0 Å². The topological polar surface area (TPSA) is 96.0 Å². The lowest BCUT2D eigenvalue weighted by molar-refractivity contribution is -0.122. The molecule has 2 heterocycles. The molecule has 0 bridgehead atoms. The van der Waals surface area contributed by atoms with E-state index in [2.05, 4.69) is 12.2 Å².